The van der Waals surface area contributed by atoms with Gasteiger partial charge < -0.3 is 15.8 Å². The lowest BCUT2D eigenvalue weighted by Crippen LogP contribution is -2.43. The van der Waals surface area contributed by atoms with Crippen LogP contribution in [0.3, 0.4) is 0 Å². The van der Waals surface area contributed by atoms with Gasteiger partial charge in [0, 0.05) is 11.6 Å². The van der Waals surface area contributed by atoms with Gasteiger partial charge in [-0.25, -0.2) is 0 Å². The topological polar surface area (TPSA) is 64.3 Å². The number of hydrogen-bond acceptors (Lipinski definition) is 3. The molecule has 1 aromatic rings. The summed E-state index contributed by atoms with van der Waals surface area (Å²) in [6.07, 6.45) is 1.76. The van der Waals surface area contributed by atoms with Gasteiger partial charge >= 0.3 is 0 Å². The van der Waals surface area contributed by atoms with Crippen LogP contribution >= 0.6 is 0 Å². The SMILES string of the molecule is CCC(N)Cc1cccc(OCC(=O)NC(C)(C)C)c1. The van der Waals surface area contributed by atoms with Crippen molar-refractivity contribution in [2.45, 2.75) is 52.1 Å². The second-order valence-corrected chi connectivity index (χ2v) is 6.11. The van der Waals surface area contributed by atoms with Crippen molar-refractivity contribution in [1.29, 1.82) is 0 Å². The van der Waals surface area contributed by atoms with Crippen molar-refractivity contribution in [2.75, 3.05) is 6.61 Å². The molecule has 0 aliphatic heterocycles. The molecule has 0 saturated carbocycles. The Bertz CT molecular complexity index is 438. The van der Waals surface area contributed by atoms with Crippen LogP contribution in [0.2, 0.25) is 0 Å². The molecule has 1 rings (SSSR count). The van der Waals surface area contributed by atoms with Crippen LogP contribution < -0.4 is 15.8 Å². The molecule has 0 aromatic heterocycles. The Balaban J connectivity index is 2.52. The maximum absolute atomic E-state index is 11.7. The van der Waals surface area contributed by atoms with Crippen LogP contribution in [0.4, 0.5) is 0 Å². The first kappa shape index (κ1) is 16.5. The fraction of sp³-hybridized carbons (Fsp3) is 0.562. The van der Waals surface area contributed by atoms with Crippen molar-refractivity contribution >= 4 is 5.91 Å². The van der Waals surface area contributed by atoms with Crippen LogP contribution in [0.25, 0.3) is 0 Å². The number of nitrogens with one attached hydrogen (secondary N) is 1. The third-order valence-corrected chi connectivity index (χ3v) is 2.81. The van der Waals surface area contributed by atoms with E-state index in [-0.39, 0.29) is 24.1 Å². The maximum atomic E-state index is 11.7. The van der Waals surface area contributed by atoms with Gasteiger partial charge in [0.15, 0.2) is 6.61 Å². The summed E-state index contributed by atoms with van der Waals surface area (Å²) in [5.74, 6) is 0.586. The molecule has 0 fully saturated rings. The number of ether oxygens (including phenoxy) is 1. The van der Waals surface area contributed by atoms with Gasteiger partial charge in [-0.05, 0) is 51.3 Å². The zero-order valence-electron chi connectivity index (χ0n) is 12.9. The fourth-order valence-corrected chi connectivity index (χ4v) is 1.81. The Morgan fingerprint density at radius 1 is 1.40 bits per heavy atom. The Morgan fingerprint density at radius 2 is 2.10 bits per heavy atom. The number of carbonyl (C=O) groups is 1. The minimum Gasteiger partial charge on any atom is -0.484 e. The largest absolute Gasteiger partial charge is 0.484 e. The second kappa shape index (κ2) is 7.29. The summed E-state index contributed by atoms with van der Waals surface area (Å²) in [7, 11) is 0. The third-order valence-electron chi connectivity index (χ3n) is 2.81. The molecule has 3 N–H and O–H groups in total. The molecule has 4 heteroatoms. The summed E-state index contributed by atoms with van der Waals surface area (Å²) in [4.78, 5) is 11.7. The van der Waals surface area contributed by atoms with Gasteiger partial charge in [0.1, 0.15) is 5.75 Å². The van der Waals surface area contributed by atoms with Gasteiger partial charge in [-0.2, -0.15) is 0 Å². The maximum Gasteiger partial charge on any atom is 0.258 e. The van der Waals surface area contributed by atoms with E-state index in [0.29, 0.717) is 5.75 Å². The molecule has 0 saturated heterocycles. The van der Waals surface area contributed by atoms with Crippen LogP contribution in [0.15, 0.2) is 24.3 Å². The average molecular weight is 278 g/mol. The van der Waals surface area contributed by atoms with E-state index in [2.05, 4.69) is 12.2 Å². The van der Waals surface area contributed by atoms with Crippen LogP contribution in [0, 0.1) is 0 Å². The minimum atomic E-state index is -0.240. The number of nitrogens with two attached hydrogens (primary N) is 1. The standard InChI is InChI=1S/C16H26N2O2/c1-5-13(17)9-12-7-6-8-14(10-12)20-11-15(19)18-16(2,3)4/h6-8,10,13H,5,9,11,17H2,1-4H3,(H,18,19). The highest BCUT2D eigenvalue weighted by atomic mass is 16.5. The summed E-state index contributed by atoms with van der Waals surface area (Å²) in [5.41, 5.74) is 6.83. The quantitative estimate of drug-likeness (QED) is 0.839. The van der Waals surface area contributed by atoms with E-state index in [1.807, 2.05) is 45.0 Å². The van der Waals surface area contributed by atoms with Crippen molar-refractivity contribution in [1.82, 2.24) is 5.32 Å². The second-order valence-electron chi connectivity index (χ2n) is 6.11. The highest BCUT2D eigenvalue weighted by Gasteiger charge is 2.14. The van der Waals surface area contributed by atoms with E-state index in [9.17, 15) is 4.79 Å². The van der Waals surface area contributed by atoms with Crippen LogP contribution in [-0.2, 0) is 11.2 Å². The molecule has 0 aliphatic carbocycles. The molecule has 20 heavy (non-hydrogen) atoms. The van der Waals surface area contributed by atoms with Crippen molar-refractivity contribution in [3.63, 3.8) is 0 Å². The Hall–Kier alpha value is -1.55. The van der Waals surface area contributed by atoms with Gasteiger partial charge in [-0.3, -0.25) is 4.79 Å². The fourth-order valence-electron chi connectivity index (χ4n) is 1.81. The van der Waals surface area contributed by atoms with Gasteiger partial charge in [0.2, 0.25) is 0 Å². The highest BCUT2D eigenvalue weighted by molar-refractivity contribution is 5.78. The Morgan fingerprint density at radius 3 is 2.70 bits per heavy atom. The zero-order valence-corrected chi connectivity index (χ0v) is 12.9. The van der Waals surface area contributed by atoms with Crippen molar-refractivity contribution in [3.05, 3.63) is 29.8 Å². The van der Waals surface area contributed by atoms with Crippen molar-refractivity contribution in [3.8, 4) is 5.75 Å². The van der Waals surface area contributed by atoms with Crippen LogP contribution in [-0.4, -0.2) is 24.1 Å². The molecule has 0 heterocycles. The van der Waals surface area contributed by atoms with E-state index in [4.69, 9.17) is 10.5 Å². The summed E-state index contributed by atoms with van der Waals surface area (Å²) in [6, 6.07) is 7.91. The first-order valence-electron chi connectivity index (χ1n) is 7.08. The lowest BCUT2D eigenvalue weighted by Gasteiger charge is -2.20. The van der Waals surface area contributed by atoms with E-state index < -0.39 is 0 Å². The van der Waals surface area contributed by atoms with Crippen molar-refractivity contribution < 1.29 is 9.53 Å². The lowest BCUT2D eigenvalue weighted by molar-refractivity contribution is -0.124. The molecule has 0 aliphatic rings. The molecular formula is C16H26N2O2. The lowest BCUT2D eigenvalue weighted by atomic mass is 10.0. The molecule has 0 spiro atoms. The smallest absolute Gasteiger partial charge is 0.258 e. The molecule has 1 amide bonds. The Labute approximate surface area is 121 Å². The summed E-state index contributed by atoms with van der Waals surface area (Å²) >= 11 is 0. The van der Waals surface area contributed by atoms with Gasteiger partial charge in [0.25, 0.3) is 5.91 Å². The molecule has 0 radical (unpaired) electrons. The third kappa shape index (κ3) is 6.57. The molecule has 1 aromatic carbocycles. The first-order valence-corrected chi connectivity index (χ1v) is 7.08. The summed E-state index contributed by atoms with van der Waals surface area (Å²) < 4.78 is 5.52. The molecule has 4 nitrogen and oxygen atoms in total. The molecule has 0 bridgehead atoms. The molecular weight excluding hydrogens is 252 g/mol. The number of amides is 1. The monoisotopic (exact) mass is 278 g/mol. The predicted molar refractivity (Wildman–Crippen MR) is 81.8 cm³/mol. The molecule has 1 atom stereocenters. The number of benzene rings is 1. The zero-order chi connectivity index (χ0) is 15.2. The first-order chi connectivity index (χ1) is 9.30. The number of hydrogen-bond donors (Lipinski definition) is 2. The molecule has 1 unspecified atom stereocenters. The van der Waals surface area contributed by atoms with Gasteiger partial charge in [-0.1, -0.05) is 19.1 Å². The minimum absolute atomic E-state index is 0.0283. The summed E-state index contributed by atoms with van der Waals surface area (Å²) in [6.45, 7) is 7.93. The van der Waals surface area contributed by atoms with E-state index >= 15 is 0 Å². The number of carbonyl (C=O) groups excluding carboxylic acids is 1. The van der Waals surface area contributed by atoms with Gasteiger partial charge in [0.05, 0.1) is 0 Å². The molecule has 112 valence electrons. The van der Waals surface area contributed by atoms with E-state index in [1.165, 1.54) is 0 Å². The van der Waals surface area contributed by atoms with E-state index in [0.717, 1.165) is 18.4 Å². The predicted octanol–water partition coefficient (Wildman–Crippen LogP) is 2.26. The van der Waals surface area contributed by atoms with Crippen LogP contribution in [0.5, 0.6) is 5.75 Å². The Kier molecular flexibility index (Phi) is 6.02. The normalized spacial score (nSPS) is 12.8. The van der Waals surface area contributed by atoms with E-state index in [1.54, 1.807) is 0 Å². The van der Waals surface area contributed by atoms with Crippen LogP contribution in [0.1, 0.15) is 39.7 Å². The van der Waals surface area contributed by atoms with Gasteiger partial charge in [-0.15, -0.1) is 0 Å². The summed E-state index contributed by atoms with van der Waals surface area (Å²) in [5, 5.41) is 2.86. The average Bonchev–Trinajstić information content (AvgIpc) is 2.34. The number of rotatable bonds is 6. The highest BCUT2D eigenvalue weighted by Crippen LogP contribution is 2.15. The van der Waals surface area contributed by atoms with Crippen molar-refractivity contribution in [2.24, 2.45) is 5.73 Å².